The van der Waals surface area contributed by atoms with Gasteiger partial charge < -0.3 is 10.0 Å². The summed E-state index contributed by atoms with van der Waals surface area (Å²) in [6.45, 7) is 2.78. The second-order valence-corrected chi connectivity index (χ2v) is 5.44. The van der Waals surface area contributed by atoms with E-state index in [1.807, 2.05) is 56.4 Å². The molecule has 2 nitrogen and oxygen atoms in total. The Hall–Kier alpha value is -1.51. The molecule has 2 rings (SSSR count). The van der Waals surface area contributed by atoms with Gasteiger partial charge in [-0.25, -0.2) is 0 Å². The van der Waals surface area contributed by atoms with Crippen LogP contribution < -0.4 is 4.90 Å². The van der Waals surface area contributed by atoms with Crippen molar-refractivity contribution in [3.63, 3.8) is 0 Å². The molecule has 2 aromatic rings. The fourth-order valence-corrected chi connectivity index (χ4v) is 2.40. The average Bonchev–Trinajstić information content (AvgIpc) is 2.46. The molecule has 0 spiro atoms. The van der Waals surface area contributed by atoms with Crippen LogP contribution >= 0.6 is 11.6 Å². The van der Waals surface area contributed by atoms with Crippen molar-refractivity contribution in [3.8, 4) is 0 Å². The van der Waals surface area contributed by atoms with Crippen LogP contribution in [-0.2, 0) is 6.54 Å². The Morgan fingerprint density at radius 1 is 1.15 bits per heavy atom. The van der Waals surface area contributed by atoms with Crippen LogP contribution in [0.15, 0.2) is 48.5 Å². The molecule has 3 heteroatoms. The molecule has 0 aliphatic heterocycles. The van der Waals surface area contributed by atoms with Crippen molar-refractivity contribution in [2.75, 3.05) is 11.9 Å². The van der Waals surface area contributed by atoms with E-state index in [0.717, 1.165) is 29.2 Å². The fraction of sp³-hybridized carbons (Fsp3) is 0.294. The SMILES string of the molecule is CCC(O)c1ccc(N(C)Cc2cccc(Cl)c2)cc1. The second kappa shape index (κ2) is 6.78. The minimum atomic E-state index is -0.373. The summed E-state index contributed by atoms with van der Waals surface area (Å²) in [6.07, 6.45) is 0.361. The smallest absolute Gasteiger partial charge is 0.0787 e. The van der Waals surface area contributed by atoms with Crippen LogP contribution in [0.5, 0.6) is 0 Å². The van der Waals surface area contributed by atoms with E-state index in [1.165, 1.54) is 5.56 Å². The molecule has 2 aromatic carbocycles. The summed E-state index contributed by atoms with van der Waals surface area (Å²) in [7, 11) is 2.05. The predicted octanol–water partition coefficient (Wildman–Crippen LogP) is 4.42. The van der Waals surface area contributed by atoms with E-state index in [2.05, 4.69) is 11.0 Å². The van der Waals surface area contributed by atoms with Crippen molar-refractivity contribution in [3.05, 3.63) is 64.7 Å². The zero-order valence-electron chi connectivity index (χ0n) is 11.9. The molecule has 1 atom stereocenters. The average molecular weight is 290 g/mol. The molecule has 0 amide bonds. The minimum Gasteiger partial charge on any atom is -0.388 e. The Kier molecular flexibility index (Phi) is 5.05. The molecule has 0 saturated carbocycles. The summed E-state index contributed by atoms with van der Waals surface area (Å²) in [4.78, 5) is 2.16. The molecule has 1 unspecified atom stereocenters. The lowest BCUT2D eigenvalue weighted by atomic mass is 10.1. The van der Waals surface area contributed by atoms with Crippen molar-refractivity contribution < 1.29 is 5.11 Å². The summed E-state index contributed by atoms with van der Waals surface area (Å²) >= 11 is 6.00. The number of halogens is 1. The van der Waals surface area contributed by atoms with Gasteiger partial charge in [0.25, 0.3) is 0 Å². The molecule has 0 radical (unpaired) electrons. The van der Waals surface area contributed by atoms with E-state index in [1.54, 1.807) is 0 Å². The quantitative estimate of drug-likeness (QED) is 0.881. The highest BCUT2D eigenvalue weighted by Gasteiger charge is 2.06. The lowest BCUT2D eigenvalue weighted by molar-refractivity contribution is 0.173. The van der Waals surface area contributed by atoms with E-state index in [9.17, 15) is 5.11 Å². The van der Waals surface area contributed by atoms with Gasteiger partial charge in [0, 0.05) is 24.3 Å². The molecule has 0 bridgehead atoms. The largest absolute Gasteiger partial charge is 0.388 e. The monoisotopic (exact) mass is 289 g/mol. The van der Waals surface area contributed by atoms with Crippen molar-refractivity contribution in [1.29, 1.82) is 0 Å². The van der Waals surface area contributed by atoms with E-state index < -0.39 is 0 Å². The molecule has 0 heterocycles. The first-order valence-corrected chi connectivity index (χ1v) is 7.21. The third-order valence-electron chi connectivity index (χ3n) is 3.41. The lowest BCUT2D eigenvalue weighted by Crippen LogP contribution is -2.16. The molecule has 0 aromatic heterocycles. The van der Waals surface area contributed by atoms with Gasteiger partial charge in [0.15, 0.2) is 0 Å². The van der Waals surface area contributed by atoms with Crippen molar-refractivity contribution >= 4 is 17.3 Å². The molecule has 1 N–H and O–H groups in total. The number of hydrogen-bond acceptors (Lipinski definition) is 2. The number of nitrogens with zero attached hydrogens (tertiary/aromatic N) is 1. The number of benzene rings is 2. The van der Waals surface area contributed by atoms with Crippen LogP contribution in [0.3, 0.4) is 0 Å². The summed E-state index contributed by atoms with van der Waals surface area (Å²) in [6, 6.07) is 15.9. The highest BCUT2D eigenvalue weighted by Crippen LogP contribution is 2.22. The lowest BCUT2D eigenvalue weighted by Gasteiger charge is -2.20. The van der Waals surface area contributed by atoms with Gasteiger partial charge >= 0.3 is 0 Å². The Labute approximate surface area is 125 Å². The first-order chi connectivity index (χ1) is 9.60. The summed E-state index contributed by atoms with van der Waals surface area (Å²) in [5.74, 6) is 0. The summed E-state index contributed by atoms with van der Waals surface area (Å²) in [5, 5.41) is 10.6. The molecule has 0 aliphatic rings. The number of rotatable bonds is 5. The van der Waals surface area contributed by atoms with Crippen LogP contribution in [0.25, 0.3) is 0 Å². The van der Waals surface area contributed by atoms with Gasteiger partial charge in [0.2, 0.25) is 0 Å². The third-order valence-corrected chi connectivity index (χ3v) is 3.65. The summed E-state index contributed by atoms with van der Waals surface area (Å²) < 4.78 is 0. The highest BCUT2D eigenvalue weighted by molar-refractivity contribution is 6.30. The van der Waals surface area contributed by atoms with Crippen LogP contribution in [0.1, 0.15) is 30.6 Å². The van der Waals surface area contributed by atoms with E-state index >= 15 is 0 Å². The molecular weight excluding hydrogens is 270 g/mol. The number of hydrogen-bond donors (Lipinski definition) is 1. The van der Waals surface area contributed by atoms with E-state index in [4.69, 9.17) is 11.6 Å². The van der Waals surface area contributed by atoms with E-state index in [-0.39, 0.29) is 6.10 Å². The fourth-order valence-electron chi connectivity index (χ4n) is 2.19. The van der Waals surface area contributed by atoms with Crippen LogP contribution in [0.2, 0.25) is 5.02 Å². The number of aliphatic hydroxyl groups excluding tert-OH is 1. The van der Waals surface area contributed by atoms with Gasteiger partial charge in [-0.3, -0.25) is 0 Å². The summed E-state index contributed by atoms with van der Waals surface area (Å²) in [5.41, 5.74) is 3.27. The van der Waals surface area contributed by atoms with E-state index in [0.29, 0.717) is 0 Å². The maximum Gasteiger partial charge on any atom is 0.0787 e. The molecule has 20 heavy (non-hydrogen) atoms. The Bertz CT molecular complexity index is 553. The first kappa shape index (κ1) is 14.9. The van der Waals surface area contributed by atoms with Gasteiger partial charge in [-0.15, -0.1) is 0 Å². The van der Waals surface area contributed by atoms with Crippen molar-refractivity contribution in [2.24, 2.45) is 0 Å². The van der Waals surface area contributed by atoms with Gasteiger partial charge in [-0.05, 0) is 41.8 Å². The number of anilines is 1. The Balaban J connectivity index is 2.07. The second-order valence-electron chi connectivity index (χ2n) is 5.00. The number of aliphatic hydroxyl groups is 1. The maximum atomic E-state index is 9.80. The molecule has 0 aliphatic carbocycles. The van der Waals surface area contributed by atoms with Crippen molar-refractivity contribution in [1.82, 2.24) is 0 Å². The predicted molar refractivity (Wildman–Crippen MR) is 85.3 cm³/mol. The minimum absolute atomic E-state index is 0.373. The zero-order valence-corrected chi connectivity index (χ0v) is 12.6. The van der Waals surface area contributed by atoms with Gasteiger partial charge in [-0.2, -0.15) is 0 Å². The van der Waals surface area contributed by atoms with Crippen LogP contribution in [0.4, 0.5) is 5.69 Å². The molecule has 106 valence electrons. The molecule has 0 saturated heterocycles. The Morgan fingerprint density at radius 2 is 1.85 bits per heavy atom. The first-order valence-electron chi connectivity index (χ1n) is 6.83. The van der Waals surface area contributed by atoms with Gasteiger partial charge in [0.05, 0.1) is 6.10 Å². The molecular formula is C17H20ClNO. The van der Waals surface area contributed by atoms with Crippen LogP contribution in [0, 0.1) is 0 Å². The highest BCUT2D eigenvalue weighted by atomic mass is 35.5. The topological polar surface area (TPSA) is 23.5 Å². The van der Waals surface area contributed by atoms with Crippen molar-refractivity contribution in [2.45, 2.75) is 26.0 Å². The standard InChI is InChI=1S/C17H20ClNO/c1-3-17(20)14-7-9-16(10-8-14)19(2)12-13-5-4-6-15(18)11-13/h4-11,17,20H,3,12H2,1-2H3. The maximum absolute atomic E-state index is 9.80. The normalized spacial score (nSPS) is 12.2. The van der Waals surface area contributed by atoms with Gasteiger partial charge in [0.1, 0.15) is 0 Å². The molecule has 0 fully saturated rings. The van der Waals surface area contributed by atoms with Gasteiger partial charge in [-0.1, -0.05) is 42.8 Å². The zero-order chi connectivity index (χ0) is 14.5. The van der Waals surface area contributed by atoms with Crippen LogP contribution in [-0.4, -0.2) is 12.2 Å². The third kappa shape index (κ3) is 3.75. The Morgan fingerprint density at radius 3 is 2.45 bits per heavy atom.